The molecule has 0 bridgehead atoms. The zero-order valence-electron chi connectivity index (χ0n) is 18.1. The van der Waals surface area contributed by atoms with Crippen molar-refractivity contribution < 1.29 is 9.53 Å². The molecule has 0 radical (unpaired) electrons. The van der Waals surface area contributed by atoms with Crippen LogP contribution in [-0.4, -0.2) is 23.1 Å². The number of unbranched alkanes of at least 4 members (excludes halogenated alkanes) is 6. The average molecular weight is 376 g/mol. The van der Waals surface area contributed by atoms with E-state index in [4.69, 9.17) is 4.74 Å². The number of nitrogens with zero attached hydrogens (tertiary/aromatic N) is 1. The van der Waals surface area contributed by atoms with Crippen LogP contribution in [0, 0.1) is 0 Å². The number of benzene rings is 1. The molecule has 1 aromatic rings. The molecule has 0 spiro atoms. The number of hydrogen-bond donors (Lipinski definition) is 0. The standard InChI is InChI=1S/C24H41NO2/c1-5-8-10-15-19-24(4,20-16-11-9-6-2)25(7-3)23(26)27-21-22-17-13-12-14-18-22/h12-14,17-18H,5-11,15-16,19-21H2,1-4H3. The second kappa shape index (κ2) is 13.6. The van der Waals surface area contributed by atoms with Gasteiger partial charge in [-0.25, -0.2) is 4.79 Å². The van der Waals surface area contributed by atoms with Crippen molar-refractivity contribution in [3.63, 3.8) is 0 Å². The highest BCUT2D eigenvalue weighted by Crippen LogP contribution is 2.30. The van der Waals surface area contributed by atoms with Crippen LogP contribution in [0.25, 0.3) is 0 Å². The molecule has 1 rings (SSSR count). The second-order valence-corrected chi connectivity index (χ2v) is 7.90. The summed E-state index contributed by atoms with van der Waals surface area (Å²) in [4.78, 5) is 14.9. The first-order valence-electron chi connectivity index (χ1n) is 11.1. The van der Waals surface area contributed by atoms with E-state index in [9.17, 15) is 4.79 Å². The van der Waals surface area contributed by atoms with Gasteiger partial charge in [0.1, 0.15) is 6.61 Å². The largest absolute Gasteiger partial charge is 0.445 e. The summed E-state index contributed by atoms with van der Waals surface area (Å²) in [7, 11) is 0. The molecule has 0 saturated heterocycles. The van der Waals surface area contributed by atoms with E-state index in [1.54, 1.807) is 0 Å². The first-order valence-corrected chi connectivity index (χ1v) is 11.1. The van der Waals surface area contributed by atoms with Crippen LogP contribution in [0.1, 0.15) is 97.5 Å². The zero-order valence-corrected chi connectivity index (χ0v) is 18.1. The molecule has 0 fully saturated rings. The number of rotatable bonds is 14. The first-order chi connectivity index (χ1) is 13.1. The summed E-state index contributed by atoms with van der Waals surface area (Å²) >= 11 is 0. The average Bonchev–Trinajstić information content (AvgIpc) is 2.68. The maximum atomic E-state index is 12.9. The lowest BCUT2D eigenvalue weighted by Gasteiger charge is -2.40. The predicted octanol–water partition coefficient (Wildman–Crippen LogP) is 7.34. The van der Waals surface area contributed by atoms with Gasteiger partial charge in [-0.1, -0.05) is 95.5 Å². The molecule has 0 aliphatic rings. The molecule has 0 atom stereocenters. The lowest BCUT2D eigenvalue weighted by Crippen LogP contribution is -2.50. The van der Waals surface area contributed by atoms with Crippen molar-refractivity contribution in [3.8, 4) is 0 Å². The van der Waals surface area contributed by atoms with Gasteiger partial charge in [0.05, 0.1) is 0 Å². The third-order valence-electron chi connectivity index (χ3n) is 5.53. The van der Waals surface area contributed by atoms with Crippen LogP contribution in [0.5, 0.6) is 0 Å². The van der Waals surface area contributed by atoms with E-state index >= 15 is 0 Å². The Bertz CT molecular complexity index is 488. The van der Waals surface area contributed by atoms with Crippen LogP contribution in [0.3, 0.4) is 0 Å². The van der Waals surface area contributed by atoms with E-state index in [1.807, 2.05) is 35.2 Å². The fourth-order valence-corrected chi connectivity index (χ4v) is 3.79. The van der Waals surface area contributed by atoms with Crippen LogP contribution in [0.2, 0.25) is 0 Å². The smallest absolute Gasteiger partial charge is 0.410 e. The molecule has 0 aliphatic heterocycles. The Balaban J connectivity index is 2.71. The first kappa shape index (κ1) is 23.5. The fourth-order valence-electron chi connectivity index (χ4n) is 3.79. The van der Waals surface area contributed by atoms with Crippen LogP contribution in [-0.2, 0) is 11.3 Å². The quantitative estimate of drug-likeness (QED) is 0.318. The summed E-state index contributed by atoms with van der Waals surface area (Å²) in [5.41, 5.74) is 0.929. The molecule has 0 saturated carbocycles. The SMILES string of the molecule is CCCCCCC(C)(CCCCCC)N(CC)C(=O)OCc1ccccc1. The van der Waals surface area contributed by atoms with Crippen molar-refractivity contribution in [2.75, 3.05) is 6.54 Å². The van der Waals surface area contributed by atoms with E-state index in [0.717, 1.165) is 18.4 Å². The van der Waals surface area contributed by atoms with Crippen LogP contribution in [0.15, 0.2) is 30.3 Å². The zero-order chi connectivity index (χ0) is 20.0. The van der Waals surface area contributed by atoms with E-state index < -0.39 is 0 Å². The van der Waals surface area contributed by atoms with Crippen molar-refractivity contribution in [2.45, 2.75) is 104 Å². The Morgan fingerprint density at radius 1 is 0.889 bits per heavy atom. The molecule has 154 valence electrons. The fraction of sp³-hybridized carbons (Fsp3) is 0.708. The van der Waals surface area contributed by atoms with Gasteiger partial charge in [0.15, 0.2) is 0 Å². The summed E-state index contributed by atoms with van der Waals surface area (Å²) in [5.74, 6) is 0. The molecule has 3 heteroatoms. The molecule has 3 nitrogen and oxygen atoms in total. The van der Waals surface area contributed by atoms with Gasteiger partial charge in [0.25, 0.3) is 0 Å². The maximum absolute atomic E-state index is 12.9. The summed E-state index contributed by atoms with van der Waals surface area (Å²) in [6.45, 7) is 9.86. The van der Waals surface area contributed by atoms with Gasteiger partial charge in [0, 0.05) is 12.1 Å². The summed E-state index contributed by atoms with van der Waals surface area (Å²) in [5, 5.41) is 0. The van der Waals surface area contributed by atoms with Crippen molar-refractivity contribution in [1.29, 1.82) is 0 Å². The lowest BCUT2D eigenvalue weighted by atomic mass is 9.86. The van der Waals surface area contributed by atoms with Gasteiger partial charge in [-0.05, 0) is 32.3 Å². The van der Waals surface area contributed by atoms with Gasteiger partial charge in [-0.2, -0.15) is 0 Å². The van der Waals surface area contributed by atoms with Crippen molar-refractivity contribution in [1.82, 2.24) is 4.90 Å². The molecule has 0 aliphatic carbocycles. The number of carbonyl (C=O) groups excluding carboxylic acids is 1. The lowest BCUT2D eigenvalue weighted by molar-refractivity contribution is 0.0440. The predicted molar refractivity (Wildman–Crippen MR) is 115 cm³/mol. The minimum Gasteiger partial charge on any atom is -0.445 e. The molecule has 0 aromatic heterocycles. The molecular formula is C24H41NO2. The molecule has 0 unspecified atom stereocenters. The number of ether oxygens (including phenoxy) is 1. The third-order valence-corrected chi connectivity index (χ3v) is 5.53. The van der Waals surface area contributed by atoms with Gasteiger partial charge < -0.3 is 9.64 Å². The molecule has 0 heterocycles. The second-order valence-electron chi connectivity index (χ2n) is 7.90. The van der Waals surface area contributed by atoms with Gasteiger partial charge in [0.2, 0.25) is 0 Å². The highest BCUT2D eigenvalue weighted by Gasteiger charge is 2.34. The van der Waals surface area contributed by atoms with E-state index in [2.05, 4.69) is 27.7 Å². The van der Waals surface area contributed by atoms with E-state index in [1.165, 1.54) is 51.4 Å². The molecular weight excluding hydrogens is 334 g/mol. The number of carbonyl (C=O) groups is 1. The van der Waals surface area contributed by atoms with Crippen molar-refractivity contribution in [2.24, 2.45) is 0 Å². The molecule has 0 N–H and O–H groups in total. The Labute approximate surface area is 167 Å². The van der Waals surface area contributed by atoms with Gasteiger partial charge in [-0.3, -0.25) is 0 Å². The highest BCUT2D eigenvalue weighted by molar-refractivity contribution is 5.68. The molecule has 27 heavy (non-hydrogen) atoms. The summed E-state index contributed by atoms with van der Waals surface area (Å²) in [6.07, 6.45) is 11.8. The van der Waals surface area contributed by atoms with Crippen LogP contribution < -0.4 is 0 Å². The van der Waals surface area contributed by atoms with Crippen LogP contribution in [0.4, 0.5) is 4.79 Å². The minimum absolute atomic E-state index is 0.107. The third kappa shape index (κ3) is 8.81. The Morgan fingerprint density at radius 2 is 1.44 bits per heavy atom. The topological polar surface area (TPSA) is 29.5 Å². The highest BCUT2D eigenvalue weighted by atomic mass is 16.6. The van der Waals surface area contributed by atoms with E-state index in [0.29, 0.717) is 13.2 Å². The maximum Gasteiger partial charge on any atom is 0.410 e. The van der Waals surface area contributed by atoms with Gasteiger partial charge >= 0.3 is 6.09 Å². The van der Waals surface area contributed by atoms with Crippen LogP contribution >= 0.6 is 0 Å². The Morgan fingerprint density at radius 3 is 1.93 bits per heavy atom. The number of hydrogen-bond acceptors (Lipinski definition) is 2. The normalized spacial score (nSPS) is 11.4. The molecule has 1 amide bonds. The Hall–Kier alpha value is -1.51. The monoisotopic (exact) mass is 375 g/mol. The van der Waals surface area contributed by atoms with Crippen molar-refractivity contribution in [3.05, 3.63) is 35.9 Å². The summed E-state index contributed by atoms with van der Waals surface area (Å²) in [6, 6.07) is 9.93. The van der Waals surface area contributed by atoms with Crippen molar-refractivity contribution >= 4 is 6.09 Å². The minimum atomic E-state index is -0.171. The Kier molecular flexibility index (Phi) is 11.9. The van der Waals surface area contributed by atoms with E-state index in [-0.39, 0.29) is 11.6 Å². The summed E-state index contributed by atoms with van der Waals surface area (Å²) < 4.78 is 5.67. The molecule has 1 aromatic carbocycles. The van der Waals surface area contributed by atoms with Gasteiger partial charge in [-0.15, -0.1) is 0 Å². The number of amides is 1.